The van der Waals surface area contributed by atoms with Crippen molar-refractivity contribution in [1.82, 2.24) is 9.36 Å². The zero-order chi connectivity index (χ0) is 13.1. The highest BCUT2D eigenvalue weighted by molar-refractivity contribution is 8.01. The van der Waals surface area contributed by atoms with Crippen molar-refractivity contribution in [3.8, 4) is 0 Å². The van der Waals surface area contributed by atoms with Crippen molar-refractivity contribution in [3.05, 3.63) is 34.6 Å². The molecule has 6 heteroatoms. The molecule has 1 aromatic heterocycles. The fourth-order valence-electron chi connectivity index (χ4n) is 1.40. The molecule has 0 radical (unpaired) electrons. The summed E-state index contributed by atoms with van der Waals surface area (Å²) in [5.41, 5.74) is 6.86. The number of halogens is 1. The molecule has 1 aromatic carbocycles. The maximum atomic E-state index is 6.24. The first-order chi connectivity index (χ1) is 8.60. The van der Waals surface area contributed by atoms with Crippen LogP contribution in [0.15, 0.2) is 27.4 Å². The van der Waals surface area contributed by atoms with Crippen LogP contribution in [0.25, 0.3) is 0 Å². The summed E-state index contributed by atoms with van der Waals surface area (Å²) in [6, 6.07) is 5.89. The highest BCUT2D eigenvalue weighted by atomic mass is 35.5. The predicted octanol–water partition coefficient (Wildman–Crippen LogP) is 3.92. The first-order valence-corrected chi connectivity index (χ1v) is 7.62. The molecule has 0 aliphatic carbocycles. The summed E-state index contributed by atoms with van der Waals surface area (Å²) in [4.78, 5) is 5.40. The largest absolute Gasteiger partial charge is 0.324 e. The normalized spacial score (nSPS) is 12.7. The van der Waals surface area contributed by atoms with Crippen molar-refractivity contribution in [1.29, 1.82) is 0 Å². The van der Waals surface area contributed by atoms with Crippen LogP contribution >= 0.6 is 34.9 Å². The SMILES string of the molecule is CCc1nsc(Sc2ccc([C@@H](C)N)cc2Cl)n1. The van der Waals surface area contributed by atoms with Crippen LogP contribution in [0.4, 0.5) is 0 Å². The van der Waals surface area contributed by atoms with Crippen LogP contribution in [0.2, 0.25) is 5.02 Å². The van der Waals surface area contributed by atoms with E-state index >= 15 is 0 Å². The quantitative estimate of drug-likeness (QED) is 0.929. The van der Waals surface area contributed by atoms with Crippen molar-refractivity contribution in [3.63, 3.8) is 0 Å². The number of aromatic nitrogens is 2. The average molecular weight is 300 g/mol. The molecule has 3 nitrogen and oxygen atoms in total. The maximum Gasteiger partial charge on any atom is 0.174 e. The monoisotopic (exact) mass is 299 g/mol. The Morgan fingerprint density at radius 2 is 2.28 bits per heavy atom. The second-order valence-corrected chi connectivity index (χ2v) is 6.36. The van der Waals surface area contributed by atoms with E-state index in [2.05, 4.69) is 9.36 Å². The maximum absolute atomic E-state index is 6.24. The molecule has 0 amide bonds. The van der Waals surface area contributed by atoms with Gasteiger partial charge in [0.2, 0.25) is 0 Å². The number of hydrogen-bond acceptors (Lipinski definition) is 5. The van der Waals surface area contributed by atoms with Crippen LogP contribution in [0.3, 0.4) is 0 Å². The Balaban J connectivity index is 2.19. The zero-order valence-electron chi connectivity index (χ0n) is 10.2. The lowest BCUT2D eigenvalue weighted by Gasteiger charge is -2.08. The molecule has 0 aliphatic heterocycles. The van der Waals surface area contributed by atoms with E-state index in [1.807, 2.05) is 32.0 Å². The van der Waals surface area contributed by atoms with Gasteiger partial charge >= 0.3 is 0 Å². The van der Waals surface area contributed by atoms with Crippen LogP contribution in [0, 0.1) is 0 Å². The molecule has 96 valence electrons. The summed E-state index contributed by atoms with van der Waals surface area (Å²) in [7, 11) is 0. The number of hydrogen-bond donors (Lipinski definition) is 1. The fraction of sp³-hybridized carbons (Fsp3) is 0.333. The van der Waals surface area contributed by atoms with Gasteiger partial charge in [-0.25, -0.2) is 4.98 Å². The molecule has 1 heterocycles. The van der Waals surface area contributed by atoms with E-state index in [0.717, 1.165) is 27.0 Å². The standard InChI is InChI=1S/C12H14ClN3S2/c1-3-11-15-12(18-16-11)17-10-5-4-8(7(2)14)6-9(10)13/h4-7H,3,14H2,1-2H3/t7-/m1/s1. The van der Waals surface area contributed by atoms with Crippen molar-refractivity contribution in [2.45, 2.75) is 35.5 Å². The molecular weight excluding hydrogens is 286 g/mol. The molecule has 2 N–H and O–H groups in total. The number of aryl methyl sites for hydroxylation is 1. The van der Waals surface area contributed by atoms with Crippen LogP contribution in [-0.2, 0) is 6.42 Å². The van der Waals surface area contributed by atoms with Crippen molar-refractivity contribution in [2.75, 3.05) is 0 Å². The highest BCUT2D eigenvalue weighted by Crippen LogP contribution is 2.35. The third-order valence-corrected chi connectivity index (χ3v) is 4.73. The second-order valence-electron chi connectivity index (χ2n) is 3.91. The van der Waals surface area contributed by atoms with Crippen LogP contribution in [0.1, 0.15) is 31.3 Å². The number of nitrogens with zero attached hydrogens (tertiary/aromatic N) is 2. The minimum atomic E-state index is -0.00484. The molecular formula is C12H14ClN3S2. The van der Waals surface area contributed by atoms with E-state index in [-0.39, 0.29) is 6.04 Å². The molecule has 0 spiro atoms. The minimum Gasteiger partial charge on any atom is -0.324 e. The van der Waals surface area contributed by atoms with Gasteiger partial charge in [0.05, 0.1) is 5.02 Å². The van der Waals surface area contributed by atoms with Gasteiger partial charge in [-0.1, -0.05) is 36.4 Å². The van der Waals surface area contributed by atoms with E-state index < -0.39 is 0 Å². The molecule has 2 rings (SSSR count). The van der Waals surface area contributed by atoms with Gasteiger partial charge in [-0.2, -0.15) is 4.37 Å². The van der Waals surface area contributed by atoms with Crippen molar-refractivity contribution < 1.29 is 0 Å². The third-order valence-electron chi connectivity index (χ3n) is 2.44. The van der Waals surface area contributed by atoms with Crippen LogP contribution < -0.4 is 5.73 Å². The Bertz CT molecular complexity index is 540. The molecule has 0 bridgehead atoms. The van der Waals surface area contributed by atoms with Gasteiger partial charge in [0.25, 0.3) is 0 Å². The summed E-state index contributed by atoms with van der Waals surface area (Å²) in [5.74, 6) is 0.880. The summed E-state index contributed by atoms with van der Waals surface area (Å²) < 4.78 is 5.17. The Labute approximate surface area is 120 Å². The second kappa shape index (κ2) is 6.02. The van der Waals surface area contributed by atoms with Crippen molar-refractivity contribution >= 4 is 34.9 Å². The molecule has 0 saturated carbocycles. The third kappa shape index (κ3) is 3.23. The summed E-state index contributed by atoms with van der Waals surface area (Å²) >= 11 is 9.19. The first-order valence-electron chi connectivity index (χ1n) is 5.65. The van der Waals surface area contributed by atoms with Gasteiger partial charge in [0, 0.05) is 17.4 Å². The summed E-state index contributed by atoms with van der Waals surface area (Å²) in [5, 5.41) is 0.711. The smallest absolute Gasteiger partial charge is 0.174 e. The Morgan fingerprint density at radius 1 is 1.50 bits per heavy atom. The molecule has 0 fully saturated rings. The van der Waals surface area contributed by atoms with Gasteiger partial charge in [-0.05, 0) is 36.2 Å². The molecule has 0 aliphatic rings. The van der Waals surface area contributed by atoms with Crippen molar-refractivity contribution in [2.24, 2.45) is 5.73 Å². The van der Waals surface area contributed by atoms with E-state index in [9.17, 15) is 0 Å². The summed E-state index contributed by atoms with van der Waals surface area (Å²) in [6.07, 6.45) is 0.856. The van der Waals surface area contributed by atoms with Gasteiger partial charge in [0.1, 0.15) is 5.82 Å². The van der Waals surface area contributed by atoms with Crippen LogP contribution in [0.5, 0.6) is 0 Å². The molecule has 0 unspecified atom stereocenters. The Morgan fingerprint density at radius 3 is 2.83 bits per heavy atom. The van der Waals surface area contributed by atoms with E-state index in [1.54, 1.807) is 11.8 Å². The molecule has 1 atom stereocenters. The zero-order valence-corrected chi connectivity index (χ0v) is 12.6. The lowest BCUT2D eigenvalue weighted by molar-refractivity contribution is 0.817. The average Bonchev–Trinajstić information content (AvgIpc) is 2.79. The highest BCUT2D eigenvalue weighted by Gasteiger charge is 2.09. The van der Waals surface area contributed by atoms with E-state index in [0.29, 0.717) is 5.02 Å². The van der Waals surface area contributed by atoms with Gasteiger partial charge in [0.15, 0.2) is 4.34 Å². The topological polar surface area (TPSA) is 51.8 Å². The number of benzene rings is 1. The predicted molar refractivity (Wildman–Crippen MR) is 77.5 cm³/mol. The summed E-state index contributed by atoms with van der Waals surface area (Å²) in [6.45, 7) is 3.98. The molecule has 0 saturated heterocycles. The van der Waals surface area contributed by atoms with Gasteiger partial charge < -0.3 is 5.73 Å². The van der Waals surface area contributed by atoms with E-state index in [1.165, 1.54) is 11.5 Å². The Kier molecular flexibility index (Phi) is 4.61. The van der Waals surface area contributed by atoms with Gasteiger partial charge in [-0.3, -0.25) is 0 Å². The lowest BCUT2D eigenvalue weighted by Crippen LogP contribution is -2.04. The molecule has 2 aromatic rings. The first kappa shape index (κ1) is 13.8. The lowest BCUT2D eigenvalue weighted by atomic mass is 10.1. The van der Waals surface area contributed by atoms with E-state index in [4.69, 9.17) is 17.3 Å². The fourth-order valence-corrected chi connectivity index (χ4v) is 3.37. The molecule has 18 heavy (non-hydrogen) atoms. The van der Waals surface area contributed by atoms with Gasteiger partial charge in [-0.15, -0.1) is 0 Å². The minimum absolute atomic E-state index is 0.00484. The number of rotatable bonds is 4. The number of nitrogens with two attached hydrogens (primary N) is 1. The van der Waals surface area contributed by atoms with Crippen LogP contribution in [-0.4, -0.2) is 9.36 Å². The Hall–Kier alpha value is -0.620.